The molecule has 1 aliphatic carbocycles. The molecule has 268 valence electrons. The van der Waals surface area contributed by atoms with Crippen LogP contribution in [-0.4, -0.2) is 0 Å². The highest BCUT2D eigenvalue weighted by Gasteiger charge is 2.47. The summed E-state index contributed by atoms with van der Waals surface area (Å²) in [6.45, 7) is 0. The number of nitrogens with zero attached hydrogens (tertiary/aromatic N) is 1. The fraction of sp³-hybridized carbons (Fsp3) is 0.0182. The molecular formula is C55H37NO. The average Bonchev–Trinajstić information content (AvgIpc) is 3.82. The summed E-state index contributed by atoms with van der Waals surface area (Å²) in [7, 11) is 0. The van der Waals surface area contributed by atoms with E-state index in [0.29, 0.717) is 0 Å². The van der Waals surface area contributed by atoms with E-state index in [0.717, 1.165) is 55.7 Å². The highest BCUT2D eigenvalue weighted by Crippen LogP contribution is 2.57. The number of hydrogen-bond acceptors (Lipinski definition) is 2. The molecule has 0 unspecified atom stereocenters. The second kappa shape index (κ2) is 13.4. The van der Waals surface area contributed by atoms with Crippen molar-refractivity contribution in [2.45, 2.75) is 5.41 Å². The van der Waals surface area contributed by atoms with Crippen molar-refractivity contribution in [1.82, 2.24) is 0 Å². The molecule has 0 N–H and O–H groups in total. The van der Waals surface area contributed by atoms with E-state index in [2.05, 4.69) is 229 Å². The Labute approximate surface area is 332 Å². The van der Waals surface area contributed by atoms with Crippen LogP contribution in [0.5, 0.6) is 0 Å². The molecule has 2 nitrogen and oxygen atoms in total. The van der Waals surface area contributed by atoms with Crippen molar-refractivity contribution in [3.63, 3.8) is 0 Å². The van der Waals surface area contributed by atoms with Crippen LogP contribution in [0, 0.1) is 0 Å². The van der Waals surface area contributed by atoms with Crippen molar-refractivity contribution < 1.29 is 4.42 Å². The molecule has 0 saturated carbocycles. The first-order valence-corrected chi connectivity index (χ1v) is 19.6. The highest BCUT2D eigenvalue weighted by molar-refractivity contribution is 6.08. The molecule has 0 saturated heterocycles. The van der Waals surface area contributed by atoms with Crippen LogP contribution in [-0.2, 0) is 5.41 Å². The number of para-hydroxylation sites is 2. The summed E-state index contributed by atoms with van der Waals surface area (Å²) in [4.78, 5) is 2.33. The van der Waals surface area contributed by atoms with Gasteiger partial charge in [-0.1, -0.05) is 176 Å². The largest absolute Gasteiger partial charge is 0.456 e. The Hall–Kier alpha value is -7.42. The lowest BCUT2D eigenvalue weighted by Crippen LogP contribution is -2.28. The molecule has 0 aliphatic heterocycles. The van der Waals surface area contributed by atoms with Gasteiger partial charge in [0, 0.05) is 33.4 Å². The van der Waals surface area contributed by atoms with Gasteiger partial charge in [-0.25, -0.2) is 0 Å². The first kappa shape index (κ1) is 33.0. The number of benzene rings is 9. The summed E-state index contributed by atoms with van der Waals surface area (Å²) in [5.41, 5.74) is 16.7. The number of fused-ring (bicyclic) bond motifs is 6. The lowest BCUT2D eigenvalue weighted by molar-refractivity contribution is 0.648. The monoisotopic (exact) mass is 727 g/mol. The van der Waals surface area contributed by atoms with Gasteiger partial charge in [0.05, 0.1) is 5.41 Å². The quantitative estimate of drug-likeness (QED) is 0.163. The Morgan fingerprint density at radius 2 is 0.842 bits per heavy atom. The first-order valence-electron chi connectivity index (χ1n) is 19.6. The summed E-state index contributed by atoms with van der Waals surface area (Å²) in [5, 5.41) is 2.22. The van der Waals surface area contributed by atoms with E-state index in [-0.39, 0.29) is 0 Å². The predicted molar refractivity (Wildman–Crippen MR) is 237 cm³/mol. The van der Waals surface area contributed by atoms with Crippen molar-refractivity contribution in [3.05, 3.63) is 247 Å². The molecule has 10 aromatic rings. The molecule has 0 radical (unpaired) electrons. The number of hydrogen-bond donors (Lipinski definition) is 0. The molecule has 0 atom stereocenters. The van der Waals surface area contributed by atoms with Crippen LogP contribution in [0.25, 0.3) is 55.3 Å². The normalized spacial score (nSPS) is 12.7. The van der Waals surface area contributed by atoms with E-state index in [1.807, 2.05) is 0 Å². The van der Waals surface area contributed by atoms with Crippen LogP contribution in [0.1, 0.15) is 22.3 Å². The second-order valence-corrected chi connectivity index (χ2v) is 14.8. The summed E-state index contributed by atoms with van der Waals surface area (Å²) in [6, 6.07) is 80.9. The van der Waals surface area contributed by atoms with Gasteiger partial charge >= 0.3 is 0 Å². The Balaban J connectivity index is 1.05. The Morgan fingerprint density at radius 1 is 0.333 bits per heavy atom. The fourth-order valence-corrected chi connectivity index (χ4v) is 9.24. The predicted octanol–water partition coefficient (Wildman–Crippen LogP) is 14.8. The van der Waals surface area contributed by atoms with Gasteiger partial charge in [-0.2, -0.15) is 0 Å². The van der Waals surface area contributed by atoms with Crippen LogP contribution in [0.4, 0.5) is 17.1 Å². The van der Waals surface area contributed by atoms with Gasteiger partial charge in [0.25, 0.3) is 0 Å². The molecule has 1 heterocycles. The van der Waals surface area contributed by atoms with Crippen LogP contribution < -0.4 is 4.90 Å². The van der Waals surface area contributed by atoms with Gasteiger partial charge in [0.1, 0.15) is 11.2 Å². The minimum atomic E-state index is -0.542. The third-order valence-corrected chi connectivity index (χ3v) is 11.7. The number of anilines is 3. The van der Waals surface area contributed by atoms with Crippen molar-refractivity contribution in [2.75, 3.05) is 4.90 Å². The molecule has 2 heteroatoms. The second-order valence-electron chi connectivity index (χ2n) is 14.8. The molecule has 57 heavy (non-hydrogen) atoms. The molecule has 0 amide bonds. The van der Waals surface area contributed by atoms with E-state index >= 15 is 0 Å². The van der Waals surface area contributed by atoms with Crippen molar-refractivity contribution in [2.24, 2.45) is 0 Å². The fourth-order valence-electron chi connectivity index (χ4n) is 9.24. The maximum atomic E-state index is 6.97. The van der Waals surface area contributed by atoms with Crippen LogP contribution in [0.2, 0.25) is 0 Å². The van der Waals surface area contributed by atoms with Gasteiger partial charge in [-0.05, 0) is 98.6 Å². The minimum absolute atomic E-state index is 0.542. The Morgan fingerprint density at radius 3 is 1.56 bits per heavy atom. The molecule has 0 bridgehead atoms. The van der Waals surface area contributed by atoms with Crippen molar-refractivity contribution in [3.8, 4) is 33.4 Å². The molecule has 9 aromatic carbocycles. The summed E-state index contributed by atoms with van der Waals surface area (Å²) in [6.07, 6.45) is 0. The topological polar surface area (TPSA) is 16.4 Å². The third kappa shape index (κ3) is 5.26. The van der Waals surface area contributed by atoms with Gasteiger partial charge in [-0.3, -0.25) is 0 Å². The van der Waals surface area contributed by atoms with E-state index in [1.165, 1.54) is 38.9 Å². The van der Waals surface area contributed by atoms with Gasteiger partial charge in [-0.15, -0.1) is 0 Å². The molecule has 11 rings (SSSR count). The average molecular weight is 728 g/mol. The van der Waals surface area contributed by atoms with Gasteiger partial charge < -0.3 is 9.32 Å². The smallest absolute Gasteiger partial charge is 0.140 e. The van der Waals surface area contributed by atoms with E-state index in [9.17, 15) is 0 Å². The Kier molecular flexibility index (Phi) is 7.75. The van der Waals surface area contributed by atoms with Crippen LogP contribution in [0.3, 0.4) is 0 Å². The SMILES string of the molecule is c1ccc(-c2ccc(N(c3ccccc3)c3cccc(-c4ccc5oc6c(C7(c8ccccc8)c8ccccc8-c8ccccc87)cccc6c5c4)c3)cc2)cc1. The minimum Gasteiger partial charge on any atom is -0.456 e. The standard InChI is InChI=1S/C55H37NO/c1-4-16-38(17-5-1)39-30-33-44(34-31-39)56(43-21-8-3-9-22-43)45-23-14-18-40(36-45)41-32-35-53-49(37-41)48-26-15-29-52(54(48)57-53)55(42-19-6-2-7-20-42)50-27-12-10-24-46(50)47-25-11-13-28-51(47)55/h1-37H. The van der Waals surface area contributed by atoms with Crippen LogP contribution >= 0.6 is 0 Å². The van der Waals surface area contributed by atoms with Crippen molar-refractivity contribution in [1.29, 1.82) is 0 Å². The highest BCUT2D eigenvalue weighted by atomic mass is 16.3. The van der Waals surface area contributed by atoms with E-state index in [1.54, 1.807) is 0 Å². The van der Waals surface area contributed by atoms with E-state index in [4.69, 9.17) is 4.42 Å². The summed E-state index contributed by atoms with van der Waals surface area (Å²) >= 11 is 0. The molecule has 0 fully saturated rings. The van der Waals surface area contributed by atoms with Crippen molar-refractivity contribution >= 4 is 39.0 Å². The zero-order valence-corrected chi connectivity index (χ0v) is 31.2. The third-order valence-electron chi connectivity index (χ3n) is 11.7. The lowest BCUT2D eigenvalue weighted by Gasteiger charge is -2.33. The van der Waals surface area contributed by atoms with E-state index < -0.39 is 5.41 Å². The number of rotatable bonds is 7. The van der Waals surface area contributed by atoms with Crippen LogP contribution in [0.15, 0.2) is 229 Å². The molecule has 0 spiro atoms. The van der Waals surface area contributed by atoms with Gasteiger partial charge in [0.15, 0.2) is 0 Å². The summed E-state index contributed by atoms with van der Waals surface area (Å²) < 4.78 is 6.97. The zero-order chi connectivity index (χ0) is 37.8. The maximum Gasteiger partial charge on any atom is 0.140 e. The Bertz CT molecular complexity index is 3010. The zero-order valence-electron chi connectivity index (χ0n) is 31.2. The first-order chi connectivity index (χ1) is 28.3. The maximum absolute atomic E-state index is 6.97. The molecular weight excluding hydrogens is 691 g/mol. The summed E-state index contributed by atoms with van der Waals surface area (Å²) in [5.74, 6) is 0. The lowest BCUT2D eigenvalue weighted by atomic mass is 9.67. The molecule has 1 aliphatic rings. The van der Waals surface area contributed by atoms with Gasteiger partial charge in [0.2, 0.25) is 0 Å². The molecule has 1 aromatic heterocycles. The number of furan rings is 1.